The number of imidazole rings is 1. The van der Waals surface area contributed by atoms with Crippen LogP contribution in [0.1, 0.15) is 82.7 Å². The van der Waals surface area contributed by atoms with Gasteiger partial charge in [-0.25, -0.2) is 4.98 Å². The Bertz CT molecular complexity index is 374. The van der Waals surface area contributed by atoms with Crippen molar-refractivity contribution in [3.8, 4) is 0 Å². The molecule has 0 aliphatic carbocycles. The molecule has 0 saturated carbocycles. The van der Waals surface area contributed by atoms with Gasteiger partial charge in [0.2, 0.25) is 0 Å². The number of H-pyrrole nitrogens is 1. The summed E-state index contributed by atoms with van der Waals surface area (Å²) in [6.07, 6.45) is 16.5. The second-order valence-corrected chi connectivity index (χ2v) is 5.99. The second kappa shape index (κ2) is 10.8. The number of aryl methyl sites for hydroxylation is 1. The summed E-state index contributed by atoms with van der Waals surface area (Å²) in [5, 5.41) is 0. The van der Waals surface area contributed by atoms with Crippen molar-refractivity contribution >= 4 is 17.2 Å². The quantitative estimate of drug-likeness (QED) is 0.441. The third-order valence-electron chi connectivity index (χ3n) is 3.66. The fraction of sp³-hybridized carbons (Fsp3) is 0.750. The van der Waals surface area contributed by atoms with Crippen molar-refractivity contribution in [3.05, 3.63) is 17.7 Å². The highest BCUT2D eigenvalue weighted by molar-refractivity contribution is 7.80. The highest BCUT2D eigenvalue weighted by Gasteiger charge is 2.02. The van der Waals surface area contributed by atoms with E-state index in [1.54, 1.807) is 0 Å². The van der Waals surface area contributed by atoms with Crippen LogP contribution in [0.2, 0.25) is 0 Å². The summed E-state index contributed by atoms with van der Waals surface area (Å²) in [6.45, 7) is 2.27. The average Bonchev–Trinajstić information content (AvgIpc) is 2.90. The van der Waals surface area contributed by atoms with E-state index in [0.717, 1.165) is 12.1 Å². The molecule has 0 aliphatic heterocycles. The minimum absolute atomic E-state index is 0.347. The number of rotatable bonds is 12. The van der Waals surface area contributed by atoms with E-state index in [1.165, 1.54) is 64.2 Å². The van der Waals surface area contributed by atoms with Crippen LogP contribution < -0.4 is 5.73 Å². The van der Waals surface area contributed by atoms with Crippen molar-refractivity contribution < 1.29 is 0 Å². The first-order valence-corrected chi connectivity index (χ1v) is 8.48. The minimum Gasteiger partial charge on any atom is -0.387 e. The number of nitrogens with one attached hydrogen (secondary N) is 1. The first-order valence-electron chi connectivity index (χ1n) is 8.07. The van der Waals surface area contributed by atoms with E-state index < -0.39 is 0 Å². The minimum atomic E-state index is 0.347. The predicted octanol–water partition coefficient (Wildman–Crippen LogP) is 4.51. The molecule has 0 saturated heterocycles. The number of unbranched alkanes of at least 4 members (excludes halogenated alkanes) is 9. The summed E-state index contributed by atoms with van der Waals surface area (Å²) in [6, 6.07) is 0. The molecule has 0 aliphatic rings. The van der Waals surface area contributed by atoms with Gasteiger partial charge in [0.25, 0.3) is 0 Å². The van der Waals surface area contributed by atoms with Gasteiger partial charge in [-0.05, 0) is 12.8 Å². The standard InChI is InChI=1S/C16H29N3S/c1-2-3-4-5-6-7-8-9-10-11-12-14-13-18-16(19-14)15(17)20/h13H,2-12H2,1H3,(H2,17,20)(H,18,19). The molecule has 0 bridgehead atoms. The molecule has 0 spiro atoms. The van der Waals surface area contributed by atoms with E-state index >= 15 is 0 Å². The fourth-order valence-corrected chi connectivity index (χ4v) is 2.52. The maximum Gasteiger partial charge on any atom is 0.164 e. The average molecular weight is 295 g/mol. The van der Waals surface area contributed by atoms with Crippen LogP contribution in [0.25, 0.3) is 0 Å². The first-order chi connectivity index (χ1) is 9.74. The van der Waals surface area contributed by atoms with E-state index in [2.05, 4.69) is 16.9 Å². The summed E-state index contributed by atoms with van der Waals surface area (Å²) in [5.41, 5.74) is 6.66. The van der Waals surface area contributed by atoms with Crippen LogP contribution >= 0.6 is 12.2 Å². The normalized spacial score (nSPS) is 10.8. The highest BCUT2D eigenvalue weighted by atomic mass is 32.1. The lowest BCUT2D eigenvalue weighted by atomic mass is 10.1. The van der Waals surface area contributed by atoms with Crippen LogP contribution in [0.5, 0.6) is 0 Å². The molecule has 20 heavy (non-hydrogen) atoms. The van der Waals surface area contributed by atoms with Gasteiger partial charge in [-0.1, -0.05) is 76.9 Å². The number of nitrogens with two attached hydrogens (primary N) is 1. The van der Waals surface area contributed by atoms with Crippen LogP contribution in [0.3, 0.4) is 0 Å². The van der Waals surface area contributed by atoms with Gasteiger partial charge in [0.05, 0.1) is 0 Å². The Morgan fingerprint density at radius 1 is 1.05 bits per heavy atom. The van der Waals surface area contributed by atoms with Crippen molar-refractivity contribution in [2.24, 2.45) is 5.73 Å². The maximum absolute atomic E-state index is 5.52. The lowest BCUT2D eigenvalue weighted by molar-refractivity contribution is 0.555. The van der Waals surface area contributed by atoms with Crippen LogP contribution in [-0.2, 0) is 6.42 Å². The Labute approximate surface area is 128 Å². The van der Waals surface area contributed by atoms with Gasteiger partial charge in [0.1, 0.15) is 4.99 Å². The Kier molecular flexibility index (Phi) is 9.29. The molecule has 3 N–H and O–H groups in total. The third kappa shape index (κ3) is 7.63. The number of aromatic amines is 1. The van der Waals surface area contributed by atoms with E-state index in [0.29, 0.717) is 10.8 Å². The molecular weight excluding hydrogens is 266 g/mol. The van der Waals surface area contributed by atoms with Gasteiger partial charge in [0.15, 0.2) is 5.82 Å². The molecule has 0 radical (unpaired) electrons. The summed E-state index contributed by atoms with van der Waals surface area (Å²) in [5.74, 6) is 0.641. The SMILES string of the molecule is CCCCCCCCCCCCc1cnc(C(N)=S)[nH]1. The number of hydrogen-bond acceptors (Lipinski definition) is 2. The third-order valence-corrected chi connectivity index (χ3v) is 3.85. The molecule has 1 aromatic heterocycles. The number of aromatic nitrogens is 2. The van der Waals surface area contributed by atoms with E-state index in [4.69, 9.17) is 18.0 Å². The monoisotopic (exact) mass is 295 g/mol. The van der Waals surface area contributed by atoms with Crippen molar-refractivity contribution in [3.63, 3.8) is 0 Å². The van der Waals surface area contributed by atoms with Crippen LogP contribution in [0, 0.1) is 0 Å². The largest absolute Gasteiger partial charge is 0.387 e. The second-order valence-electron chi connectivity index (χ2n) is 5.55. The van der Waals surface area contributed by atoms with Crippen LogP contribution in [0.4, 0.5) is 0 Å². The summed E-state index contributed by atoms with van der Waals surface area (Å²) in [4.78, 5) is 7.67. The lowest BCUT2D eigenvalue weighted by Gasteiger charge is -2.02. The predicted molar refractivity (Wildman–Crippen MR) is 90.0 cm³/mol. The molecule has 1 heterocycles. The molecule has 0 amide bonds. The molecule has 114 valence electrons. The van der Waals surface area contributed by atoms with Gasteiger partial charge in [-0.15, -0.1) is 0 Å². The molecule has 3 nitrogen and oxygen atoms in total. The molecule has 0 aromatic carbocycles. The maximum atomic E-state index is 5.52. The topological polar surface area (TPSA) is 54.7 Å². The zero-order valence-corrected chi connectivity index (χ0v) is 13.6. The Morgan fingerprint density at radius 2 is 1.60 bits per heavy atom. The van der Waals surface area contributed by atoms with Crippen LogP contribution in [-0.4, -0.2) is 15.0 Å². The van der Waals surface area contributed by atoms with E-state index in [-0.39, 0.29) is 0 Å². The smallest absolute Gasteiger partial charge is 0.164 e. The molecule has 1 rings (SSSR count). The van der Waals surface area contributed by atoms with Gasteiger partial charge in [0, 0.05) is 11.9 Å². The van der Waals surface area contributed by atoms with Gasteiger partial charge >= 0.3 is 0 Å². The number of nitrogens with zero attached hydrogens (tertiary/aromatic N) is 1. The first kappa shape index (κ1) is 17.2. The summed E-state index contributed by atoms with van der Waals surface area (Å²) >= 11 is 4.88. The Hall–Kier alpha value is -0.900. The van der Waals surface area contributed by atoms with Gasteiger partial charge in [-0.3, -0.25) is 0 Å². The zero-order valence-electron chi connectivity index (χ0n) is 12.8. The van der Waals surface area contributed by atoms with Crippen molar-refractivity contribution in [2.75, 3.05) is 0 Å². The Morgan fingerprint density at radius 3 is 2.10 bits per heavy atom. The van der Waals surface area contributed by atoms with Gasteiger partial charge in [-0.2, -0.15) is 0 Å². The molecule has 0 fully saturated rings. The van der Waals surface area contributed by atoms with E-state index in [1.807, 2.05) is 6.20 Å². The molecule has 0 atom stereocenters. The van der Waals surface area contributed by atoms with E-state index in [9.17, 15) is 0 Å². The molecule has 0 unspecified atom stereocenters. The summed E-state index contributed by atoms with van der Waals surface area (Å²) < 4.78 is 0. The van der Waals surface area contributed by atoms with Crippen LogP contribution in [0.15, 0.2) is 6.20 Å². The van der Waals surface area contributed by atoms with Crippen molar-refractivity contribution in [2.45, 2.75) is 77.6 Å². The van der Waals surface area contributed by atoms with Crippen molar-refractivity contribution in [1.82, 2.24) is 9.97 Å². The number of hydrogen-bond donors (Lipinski definition) is 2. The molecular formula is C16H29N3S. The number of thiocarbonyl (C=S) groups is 1. The zero-order chi connectivity index (χ0) is 14.6. The van der Waals surface area contributed by atoms with Gasteiger partial charge < -0.3 is 10.7 Å². The fourth-order valence-electron chi connectivity index (χ4n) is 2.41. The Balaban J connectivity index is 1.93. The summed E-state index contributed by atoms with van der Waals surface area (Å²) in [7, 11) is 0. The highest BCUT2D eigenvalue weighted by Crippen LogP contribution is 2.11. The lowest BCUT2D eigenvalue weighted by Crippen LogP contribution is -2.11. The molecule has 4 heteroatoms. The molecule has 1 aromatic rings. The van der Waals surface area contributed by atoms with Crippen molar-refractivity contribution in [1.29, 1.82) is 0 Å².